The highest BCUT2D eigenvalue weighted by molar-refractivity contribution is 14.1. The second kappa shape index (κ2) is 3.13. The van der Waals surface area contributed by atoms with Crippen LogP contribution >= 0.6 is 22.6 Å². The molecule has 0 aliphatic heterocycles. The van der Waals surface area contributed by atoms with Gasteiger partial charge in [0.1, 0.15) is 6.07 Å². The maximum Gasteiger partial charge on any atom is 0.177 e. The van der Waals surface area contributed by atoms with Crippen molar-refractivity contribution >= 4 is 22.6 Å². The highest BCUT2D eigenvalue weighted by Gasteiger charge is 2.10. The molecule has 11 heavy (non-hydrogen) atoms. The van der Waals surface area contributed by atoms with Gasteiger partial charge in [-0.15, -0.1) is 0 Å². The summed E-state index contributed by atoms with van der Waals surface area (Å²) in [6.07, 6.45) is 0. The van der Waals surface area contributed by atoms with E-state index in [1.54, 1.807) is 28.7 Å². The normalized spacial score (nSPS) is 9.27. The molecule has 0 saturated heterocycles. The summed E-state index contributed by atoms with van der Waals surface area (Å²) in [5, 5.41) is 8.27. The van der Waals surface area contributed by atoms with E-state index in [1.165, 1.54) is 12.1 Å². The van der Waals surface area contributed by atoms with Crippen LogP contribution in [0.1, 0.15) is 5.56 Å². The molecule has 56 valence electrons. The van der Waals surface area contributed by atoms with E-state index >= 15 is 0 Å². The predicted octanol–water partition coefficient (Wildman–Crippen LogP) is 2.44. The summed E-state index contributed by atoms with van der Waals surface area (Å²) < 4.78 is 25.5. The van der Waals surface area contributed by atoms with Crippen LogP contribution < -0.4 is 0 Å². The van der Waals surface area contributed by atoms with E-state index in [2.05, 4.69) is 0 Å². The molecule has 0 bridgehead atoms. The zero-order chi connectivity index (χ0) is 8.43. The zero-order valence-electron chi connectivity index (χ0n) is 5.24. The van der Waals surface area contributed by atoms with E-state index in [0.717, 1.165) is 0 Å². The van der Waals surface area contributed by atoms with Crippen LogP contribution in [-0.4, -0.2) is 0 Å². The Hall–Kier alpha value is -0.700. The van der Waals surface area contributed by atoms with E-state index in [9.17, 15) is 8.78 Å². The van der Waals surface area contributed by atoms with Gasteiger partial charge in [0.15, 0.2) is 11.6 Å². The van der Waals surface area contributed by atoms with Crippen LogP contribution in [0.3, 0.4) is 0 Å². The number of hydrogen-bond donors (Lipinski definition) is 0. The van der Waals surface area contributed by atoms with E-state index in [1.807, 2.05) is 0 Å². The fourth-order valence-electron chi connectivity index (χ4n) is 0.612. The average molecular weight is 265 g/mol. The highest BCUT2D eigenvalue weighted by atomic mass is 127. The van der Waals surface area contributed by atoms with Gasteiger partial charge < -0.3 is 0 Å². The fourth-order valence-corrected chi connectivity index (χ4v) is 1.03. The summed E-state index contributed by atoms with van der Waals surface area (Å²) in [5.74, 6) is -2.02. The number of nitrogens with zero attached hydrogens (tertiary/aromatic N) is 1. The van der Waals surface area contributed by atoms with Gasteiger partial charge in [-0.25, -0.2) is 8.78 Å². The quantitative estimate of drug-likeness (QED) is 0.522. The summed E-state index contributed by atoms with van der Waals surface area (Å²) in [5.41, 5.74) is -0.261. The van der Waals surface area contributed by atoms with Crippen molar-refractivity contribution in [3.8, 4) is 6.07 Å². The van der Waals surface area contributed by atoms with Crippen LogP contribution in [0.5, 0.6) is 0 Å². The van der Waals surface area contributed by atoms with Crippen molar-refractivity contribution in [2.45, 2.75) is 0 Å². The lowest BCUT2D eigenvalue weighted by Gasteiger charge is -1.96. The standard InChI is InChI=1S/C7H2F2IN/c8-6-4(3-11)1-2-5(10)7(6)9/h1-2H. The first kappa shape index (κ1) is 8.40. The summed E-state index contributed by atoms with van der Waals surface area (Å²) in [4.78, 5) is 0. The van der Waals surface area contributed by atoms with Crippen molar-refractivity contribution in [3.63, 3.8) is 0 Å². The molecule has 0 aromatic heterocycles. The number of hydrogen-bond acceptors (Lipinski definition) is 1. The van der Waals surface area contributed by atoms with Crippen LogP contribution in [0.2, 0.25) is 0 Å². The summed E-state index contributed by atoms with van der Waals surface area (Å²) in [6.45, 7) is 0. The molecule has 0 N–H and O–H groups in total. The Balaban J connectivity index is 3.40. The average Bonchev–Trinajstić information content (AvgIpc) is 2.01. The minimum Gasteiger partial charge on any atom is -0.203 e. The predicted molar refractivity (Wildman–Crippen MR) is 43.8 cm³/mol. The summed E-state index contributed by atoms with van der Waals surface area (Å²) in [7, 11) is 0. The molecule has 0 unspecified atom stereocenters. The molecule has 0 fully saturated rings. The van der Waals surface area contributed by atoms with Crippen LogP contribution in [0, 0.1) is 26.5 Å². The molecule has 4 heteroatoms. The summed E-state index contributed by atoms with van der Waals surface area (Å²) >= 11 is 1.66. The smallest absolute Gasteiger partial charge is 0.177 e. The van der Waals surface area contributed by atoms with E-state index in [0.29, 0.717) is 0 Å². The van der Waals surface area contributed by atoms with E-state index < -0.39 is 11.6 Å². The molecule has 1 aromatic carbocycles. The SMILES string of the molecule is N#Cc1ccc(I)c(F)c1F. The number of rotatable bonds is 0. The third-order valence-electron chi connectivity index (χ3n) is 1.16. The van der Waals surface area contributed by atoms with Crippen molar-refractivity contribution in [1.82, 2.24) is 0 Å². The number of halogens is 3. The maximum absolute atomic E-state index is 12.7. The minimum atomic E-state index is -1.07. The van der Waals surface area contributed by atoms with Crippen LogP contribution in [0.25, 0.3) is 0 Å². The Morgan fingerprint density at radius 2 is 1.91 bits per heavy atom. The van der Waals surface area contributed by atoms with Gasteiger partial charge >= 0.3 is 0 Å². The van der Waals surface area contributed by atoms with Gasteiger partial charge in [-0.2, -0.15) is 5.26 Å². The first-order valence-electron chi connectivity index (χ1n) is 2.70. The third-order valence-corrected chi connectivity index (χ3v) is 1.99. The van der Waals surface area contributed by atoms with E-state index in [4.69, 9.17) is 5.26 Å². The topological polar surface area (TPSA) is 23.8 Å². The van der Waals surface area contributed by atoms with Gasteiger partial charge in [0.05, 0.1) is 9.13 Å². The molecule has 1 aromatic rings. The first-order valence-corrected chi connectivity index (χ1v) is 3.78. The molecular formula is C7H2F2IN. The lowest BCUT2D eigenvalue weighted by Crippen LogP contribution is -1.92. The molecule has 0 aliphatic rings. The molecule has 1 rings (SSSR count). The highest BCUT2D eigenvalue weighted by Crippen LogP contribution is 2.16. The lowest BCUT2D eigenvalue weighted by atomic mass is 10.2. The Morgan fingerprint density at radius 3 is 2.45 bits per heavy atom. The van der Waals surface area contributed by atoms with E-state index in [-0.39, 0.29) is 9.13 Å². The zero-order valence-corrected chi connectivity index (χ0v) is 7.39. The van der Waals surface area contributed by atoms with Gasteiger partial charge in [-0.05, 0) is 34.7 Å². The largest absolute Gasteiger partial charge is 0.203 e. The fraction of sp³-hybridized carbons (Fsp3) is 0. The minimum absolute atomic E-state index is 0.180. The van der Waals surface area contributed by atoms with Crippen LogP contribution in [-0.2, 0) is 0 Å². The second-order valence-corrected chi connectivity index (χ2v) is 3.00. The third kappa shape index (κ3) is 1.48. The molecule has 0 heterocycles. The molecule has 1 nitrogen and oxygen atoms in total. The Bertz CT molecular complexity index is 330. The van der Waals surface area contributed by atoms with Gasteiger partial charge in [0.2, 0.25) is 0 Å². The number of benzene rings is 1. The molecule has 0 spiro atoms. The molecular weight excluding hydrogens is 263 g/mol. The van der Waals surface area contributed by atoms with Gasteiger partial charge in [0.25, 0.3) is 0 Å². The Kier molecular flexibility index (Phi) is 2.39. The van der Waals surface area contributed by atoms with Crippen molar-refractivity contribution in [3.05, 3.63) is 32.9 Å². The number of nitriles is 1. The van der Waals surface area contributed by atoms with Crippen molar-refractivity contribution in [1.29, 1.82) is 5.26 Å². The molecule has 0 saturated carbocycles. The Labute approximate surface area is 75.8 Å². The first-order chi connectivity index (χ1) is 5.16. The molecule has 0 atom stereocenters. The Morgan fingerprint density at radius 1 is 1.27 bits per heavy atom. The maximum atomic E-state index is 12.7. The van der Waals surface area contributed by atoms with Crippen LogP contribution in [0.4, 0.5) is 8.78 Å². The second-order valence-electron chi connectivity index (χ2n) is 1.83. The molecule has 0 radical (unpaired) electrons. The van der Waals surface area contributed by atoms with Crippen molar-refractivity contribution in [2.24, 2.45) is 0 Å². The van der Waals surface area contributed by atoms with Gasteiger partial charge in [-0.3, -0.25) is 0 Å². The molecule has 0 aliphatic carbocycles. The lowest BCUT2D eigenvalue weighted by molar-refractivity contribution is 0.501. The van der Waals surface area contributed by atoms with Gasteiger partial charge in [-0.1, -0.05) is 0 Å². The van der Waals surface area contributed by atoms with Crippen molar-refractivity contribution in [2.75, 3.05) is 0 Å². The van der Waals surface area contributed by atoms with Crippen molar-refractivity contribution < 1.29 is 8.78 Å². The monoisotopic (exact) mass is 265 g/mol. The summed E-state index contributed by atoms with van der Waals surface area (Å²) in [6, 6.07) is 4.15. The van der Waals surface area contributed by atoms with Gasteiger partial charge in [0, 0.05) is 0 Å². The molecule has 0 amide bonds. The van der Waals surface area contributed by atoms with Crippen LogP contribution in [0.15, 0.2) is 12.1 Å².